The van der Waals surface area contributed by atoms with Gasteiger partial charge in [0.25, 0.3) is 5.91 Å². The van der Waals surface area contributed by atoms with E-state index in [1.54, 1.807) is 12.1 Å². The monoisotopic (exact) mass is 349 g/mol. The third-order valence-corrected chi connectivity index (χ3v) is 3.61. The number of carbonyl (C=O) groups is 2. The second-order valence-corrected chi connectivity index (χ2v) is 5.33. The number of ether oxygens (including phenoxy) is 1. The topological polar surface area (TPSA) is 90.3 Å². The van der Waals surface area contributed by atoms with Crippen molar-refractivity contribution >= 4 is 17.6 Å². The lowest BCUT2D eigenvalue weighted by Crippen LogP contribution is -2.25. The number of hydrogen-bond donors (Lipinski definition) is 1. The first-order valence-corrected chi connectivity index (χ1v) is 7.73. The Bertz CT molecular complexity index is 995. The molecule has 0 saturated heterocycles. The van der Waals surface area contributed by atoms with Crippen molar-refractivity contribution in [1.29, 1.82) is 0 Å². The third kappa shape index (κ3) is 3.67. The van der Waals surface area contributed by atoms with Gasteiger partial charge in [-0.05, 0) is 36.4 Å². The highest BCUT2D eigenvalue weighted by atomic mass is 16.5. The molecule has 0 atom stereocenters. The molecular formula is C19H15N3O4. The molecule has 0 radical (unpaired) electrons. The maximum Gasteiger partial charge on any atom is 0.337 e. The molecular weight excluding hydrogens is 334 g/mol. The summed E-state index contributed by atoms with van der Waals surface area (Å²) in [6, 6.07) is 16.5. The molecule has 7 nitrogen and oxygen atoms in total. The minimum Gasteiger partial charge on any atom is -0.465 e. The molecule has 0 aliphatic heterocycles. The van der Waals surface area contributed by atoms with Crippen LogP contribution < -0.4 is 10.7 Å². The molecule has 0 unspecified atom stereocenters. The van der Waals surface area contributed by atoms with Crippen LogP contribution in [0, 0.1) is 0 Å². The molecule has 0 bridgehead atoms. The Morgan fingerprint density at radius 2 is 1.69 bits per heavy atom. The second kappa shape index (κ2) is 7.43. The van der Waals surface area contributed by atoms with E-state index in [9.17, 15) is 14.4 Å². The Balaban J connectivity index is 1.84. The van der Waals surface area contributed by atoms with Crippen LogP contribution in [-0.4, -0.2) is 28.8 Å². The zero-order valence-electron chi connectivity index (χ0n) is 13.9. The van der Waals surface area contributed by atoms with Gasteiger partial charge in [0.1, 0.15) is 0 Å². The number of aromatic nitrogens is 2. The molecule has 0 saturated carbocycles. The summed E-state index contributed by atoms with van der Waals surface area (Å²) in [6.07, 6.45) is 1.50. The summed E-state index contributed by atoms with van der Waals surface area (Å²) in [5, 5.41) is 6.71. The highest BCUT2D eigenvalue weighted by Crippen LogP contribution is 2.11. The highest BCUT2D eigenvalue weighted by Gasteiger charge is 2.14. The number of rotatable bonds is 4. The van der Waals surface area contributed by atoms with Crippen molar-refractivity contribution in [1.82, 2.24) is 9.78 Å². The van der Waals surface area contributed by atoms with E-state index >= 15 is 0 Å². The molecule has 0 fully saturated rings. The lowest BCUT2D eigenvalue weighted by atomic mass is 10.2. The summed E-state index contributed by atoms with van der Waals surface area (Å²) in [6.45, 7) is 0. The molecule has 0 aliphatic carbocycles. The highest BCUT2D eigenvalue weighted by molar-refractivity contribution is 6.03. The largest absolute Gasteiger partial charge is 0.465 e. The predicted octanol–water partition coefficient (Wildman–Crippen LogP) is 2.27. The number of anilines is 1. The Hall–Kier alpha value is -3.74. The zero-order valence-corrected chi connectivity index (χ0v) is 13.9. The zero-order chi connectivity index (χ0) is 18.5. The SMILES string of the molecule is COC(=O)c1ccc(NC(=O)c2nn(-c3ccccc3)ccc2=O)cc1. The first kappa shape index (κ1) is 17.1. The number of benzene rings is 2. The van der Waals surface area contributed by atoms with E-state index in [4.69, 9.17) is 0 Å². The van der Waals surface area contributed by atoms with E-state index in [-0.39, 0.29) is 5.69 Å². The number of para-hydroxylation sites is 1. The van der Waals surface area contributed by atoms with Gasteiger partial charge in [-0.25, -0.2) is 9.48 Å². The summed E-state index contributed by atoms with van der Waals surface area (Å²) in [4.78, 5) is 35.9. The van der Waals surface area contributed by atoms with Crippen LogP contribution in [0.4, 0.5) is 5.69 Å². The first-order valence-electron chi connectivity index (χ1n) is 7.73. The summed E-state index contributed by atoms with van der Waals surface area (Å²) < 4.78 is 6.07. The van der Waals surface area contributed by atoms with Crippen molar-refractivity contribution in [3.05, 3.63) is 88.3 Å². The van der Waals surface area contributed by atoms with Crippen molar-refractivity contribution in [3.63, 3.8) is 0 Å². The van der Waals surface area contributed by atoms with E-state index in [0.29, 0.717) is 11.3 Å². The molecule has 1 amide bonds. The van der Waals surface area contributed by atoms with Crippen molar-refractivity contribution in [2.45, 2.75) is 0 Å². The van der Waals surface area contributed by atoms with Gasteiger partial charge in [0.2, 0.25) is 5.43 Å². The van der Waals surface area contributed by atoms with Crippen LogP contribution in [0.15, 0.2) is 71.7 Å². The van der Waals surface area contributed by atoms with Gasteiger partial charge in [0.15, 0.2) is 5.69 Å². The number of amides is 1. The average Bonchev–Trinajstić information content (AvgIpc) is 2.69. The van der Waals surface area contributed by atoms with E-state index in [1.807, 2.05) is 30.3 Å². The fourth-order valence-corrected chi connectivity index (χ4v) is 2.29. The van der Waals surface area contributed by atoms with Crippen LogP contribution in [0.1, 0.15) is 20.8 Å². The fraction of sp³-hybridized carbons (Fsp3) is 0.0526. The maximum absolute atomic E-state index is 12.4. The molecule has 1 heterocycles. The molecule has 1 aromatic heterocycles. The van der Waals surface area contributed by atoms with Crippen LogP contribution >= 0.6 is 0 Å². The van der Waals surface area contributed by atoms with E-state index < -0.39 is 17.3 Å². The molecule has 130 valence electrons. The first-order chi connectivity index (χ1) is 12.6. The predicted molar refractivity (Wildman–Crippen MR) is 95.6 cm³/mol. The lowest BCUT2D eigenvalue weighted by molar-refractivity contribution is 0.0600. The Morgan fingerprint density at radius 1 is 1.00 bits per heavy atom. The van der Waals surface area contributed by atoms with Gasteiger partial charge in [0, 0.05) is 18.0 Å². The van der Waals surface area contributed by atoms with E-state index in [0.717, 1.165) is 5.69 Å². The molecule has 26 heavy (non-hydrogen) atoms. The molecule has 3 rings (SSSR count). The van der Waals surface area contributed by atoms with Crippen LogP contribution in [0.3, 0.4) is 0 Å². The van der Waals surface area contributed by atoms with E-state index in [2.05, 4.69) is 15.2 Å². The van der Waals surface area contributed by atoms with Gasteiger partial charge in [-0.15, -0.1) is 0 Å². The maximum atomic E-state index is 12.4. The number of esters is 1. The molecule has 0 spiro atoms. The van der Waals surface area contributed by atoms with Crippen molar-refractivity contribution in [2.24, 2.45) is 0 Å². The van der Waals surface area contributed by atoms with Crippen molar-refractivity contribution < 1.29 is 14.3 Å². The average molecular weight is 349 g/mol. The summed E-state index contributed by atoms with van der Waals surface area (Å²) in [7, 11) is 1.29. The van der Waals surface area contributed by atoms with Crippen LogP contribution in [0.5, 0.6) is 0 Å². The minimum atomic E-state index is -0.633. The third-order valence-electron chi connectivity index (χ3n) is 3.61. The Labute approximate surface area is 148 Å². The molecule has 0 aliphatic rings. The molecule has 3 aromatic rings. The minimum absolute atomic E-state index is 0.228. The van der Waals surface area contributed by atoms with Crippen molar-refractivity contribution in [2.75, 3.05) is 12.4 Å². The fourth-order valence-electron chi connectivity index (χ4n) is 2.29. The second-order valence-electron chi connectivity index (χ2n) is 5.33. The normalized spacial score (nSPS) is 10.2. The van der Waals surface area contributed by atoms with Gasteiger partial charge in [-0.1, -0.05) is 18.2 Å². The molecule has 1 N–H and O–H groups in total. The summed E-state index contributed by atoms with van der Waals surface area (Å²) in [5.74, 6) is -1.11. The quantitative estimate of drug-likeness (QED) is 0.730. The van der Waals surface area contributed by atoms with Gasteiger partial charge < -0.3 is 10.1 Å². The standard InChI is InChI=1S/C19H15N3O4/c1-26-19(25)13-7-9-14(10-8-13)20-18(24)17-16(23)11-12-22(21-17)15-5-3-2-4-6-15/h2-12H,1H3,(H,20,24). The van der Waals surface area contributed by atoms with Crippen LogP contribution in [0.25, 0.3) is 5.69 Å². The molecule has 2 aromatic carbocycles. The summed E-state index contributed by atoms with van der Waals surface area (Å²) in [5.41, 5.74) is 0.798. The summed E-state index contributed by atoms with van der Waals surface area (Å²) >= 11 is 0. The van der Waals surface area contributed by atoms with Crippen LogP contribution in [-0.2, 0) is 4.74 Å². The van der Waals surface area contributed by atoms with Gasteiger partial charge in [-0.3, -0.25) is 9.59 Å². The number of hydrogen-bond acceptors (Lipinski definition) is 5. The van der Waals surface area contributed by atoms with Crippen LogP contribution in [0.2, 0.25) is 0 Å². The van der Waals surface area contributed by atoms with Gasteiger partial charge in [-0.2, -0.15) is 5.10 Å². The number of methoxy groups -OCH3 is 1. The van der Waals surface area contributed by atoms with Crippen molar-refractivity contribution in [3.8, 4) is 5.69 Å². The Kier molecular flexibility index (Phi) is 4.89. The molecule has 7 heteroatoms. The van der Waals surface area contributed by atoms with E-state index in [1.165, 1.54) is 36.2 Å². The van der Waals surface area contributed by atoms with Gasteiger partial charge >= 0.3 is 5.97 Å². The number of carbonyl (C=O) groups excluding carboxylic acids is 2. The number of nitrogens with one attached hydrogen (secondary N) is 1. The smallest absolute Gasteiger partial charge is 0.337 e. The van der Waals surface area contributed by atoms with Gasteiger partial charge in [0.05, 0.1) is 18.4 Å². The number of nitrogens with zero attached hydrogens (tertiary/aromatic N) is 2. The Morgan fingerprint density at radius 3 is 2.35 bits per heavy atom. The lowest BCUT2D eigenvalue weighted by Gasteiger charge is -2.08.